The van der Waals surface area contributed by atoms with Crippen LogP contribution in [0.25, 0.3) is 60.9 Å². The summed E-state index contributed by atoms with van der Waals surface area (Å²) < 4.78 is 2.43. The van der Waals surface area contributed by atoms with E-state index < -0.39 is 0 Å². The van der Waals surface area contributed by atoms with Gasteiger partial charge in [-0.3, -0.25) is 0 Å². The Balaban J connectivity index is 0.954. The standard InChI is InChI=1S/C56H49N/c1-38(34-39-22-28-43(29-23-39)44-31-33-55-51(36-44)49-19-11-13-21-54(49)57(55)46-16-8-5-9-17-46)50(35-40-24-26-42(27-25-40)41-14-6-4-7-15-41)45-30-32-48-47-18-10-12-20-52(47)56(2,3)53(48)37-45/h4,6-8,10-33,36-38,50H,5,9,34-35H2,1-3H3. The molecule has 2 aliphatic carbocycles. The number of para-hydroxylation sites is 1. The van der Waals surface area contributed by atoms with Crippen LogP contribution in [0.2, 0.25) is 0 Å². The average molecular weight is 736 g/mol. The van der Waals surface area contributed by atoms with Gasteiger partial charge in [-0.2, -0.15) is 0 Å². The molecule has 0 fully saturated rings. The maximum absolute atomic E-state index is 2.55. The van der Waals surface area contributed by atoms with E-state index in [2.05, 4.69) is 207 Å². The van der Waals surface area contributed by atoms with Crippen LogP contribution in [0.5, 0.6) is 0 Å². The third kappa shape index (κ3) is 6.36. The zero-order valence-electron chi connectivity index (χ0n) is 33.3. The lowest BCUT2D eigenvalue weighted by Gasteiger charge is -2.28. The lowest BCUT2D eigenvalue weighted by Crippen LogP contribution is -2.18. The summed E-state index contributed by atoms with van der Waals surface area (Å²) in [5.74, 6) is 0.797. The maximum atomic E-state index is 2.55. The Morgan fingerprint density at radius 1 is 0.526 bits per heavy atom. The summed E-state index contributed by atoms with van der Waals surface area (Å²) in [6.07, 6.45) is 11.2. The quantitative estimate of drug-likeness (QED) is 0.139. The molecule has 1 heterocycles. The van der Waals surface area contributed by atoms with Gasteiger partial charge in [-0.15, -0.1) is 0 Å². The molecule has 2 atom stereocenters. The van der Waals surface area contributed by atoms with Gasteiger partial charge in [0.25, 0.3) is 0 Å². The van der Waals surface area contributed by atoms with E-state index in [-0.39, 0.29) is 5.41 Å². The van der Waals surface area contributed by atoms with Gasteiger partial charge in [0, 0.05) is 21.9 Å². The topological polar surface area (TPSA) is 4.93 Å². The van der Waals surface area contributed by atoms with Crippen LogP contribution in [-0.4, -0.2) is 4.57 Å². The van der Waals surface area contributed by atoms with Gasteiger partial charge in [0.15, 0.2) is 0 Å². The fourth-order valence-corrected chi connectivity index (χ4v) is 9.86. The molecule has 278 valence electrons. The zero-order chi connectivity index (χ0) is 38.5. The van der Waals surface area contributed by atoms with Crippen molar-refractivity contribution in [3.05, 3.63) is 210 Å². The Morgan fingerprint density at radius 3 is 1.93 bits per heavy atom. The number of hydrogen-bond donors (Lipinski definition) is 0. The van der Waals surface area contributed by atoms with E-state index in [1.807, 2.05) is 0 Å². The highest BCUT2D eigenvalue weighted by Crippen LogP contribution is 2.50. The van der Waals surface area contributed by atoms with Crippen LogP contribution in [0.4, 0.5) is 0 Å². The summed E-state index contributed by atoms with van der Waals surface area (Å²) in [6, 6.07) is 61.6. The molecule has 2 unspecified atom stereocenters. The maximum Gasteiger partial charge on any atom is 0.0541 e. The van der Waals surface area contributed by atoms with Crippen LogP contribution in [-0.2, 0) is 18.3 Å². The Kier molecular flexibility index (Phi) is 8.90. The number of benzene rings is 7. The Labute approximate surface area is 337 Å². The molecule has 1 aromatic heterocycles. The second-order valence-corrected chi connectivity index (χ2v) is 16.9. The second kappa shape index (κ2) is 14.4. The molecule has 2 aliphatic rings. The van der Waals surface area contributed by atoms with Crippen molar-refractivity contribution in [2.24, 2.45) is 5.92 Å². The highest BCUT2D eigenvalue weighted by Gasteiger charge is 2.36. The predicted molar refractivity (Wildman–Crippen MR) is 243 cm³/mol. The molecule has 10 rings (SSSR count). The molecule has 0 saturated heterocycles. The lowest BCUT2D eigenvalue weighted by molar-refractivity contribution is 0.452. The lowest BCUT2D eigenvalue weighted by atomic mass is 9.76. The van der Waals surface area contributed by atoms with E-state index >= 15 is 0 Å². The minimum atomic E-state index is -0.0228. The van der Waals surface area contributed by atoms with E-state index in [1.165, 1.54) is 88.7 Å². The number of hydrogen-bond acceptors (Lipinski definition) is 0. The first-order valence-electron chi connectivity index (χ1n) is 20.8. The van der Waals surface area contributed by atoms with Crippen molar-refractivity contribution in [2.75, 3.05) is 0 Å². The van der Waals surface area contributed by atoms with Gasteiger partial charge in [0.1, 0.15) is 0 Å². The molecular formula is C56H49N. The van der Waals surface area contributed by atoms with Crippen LogP contribution in [0, 0.1) is 5.92 Å². The van der Waals surface area contributed by atoms with E-state index in [0.29, 0.717) is 11.8 Å². The van der Waals surface area contributed by atoms with Crippen molar-refractivity contribution in [1.29, 1.82) is 0 Å². The molecule has 7 aromatic carbocycles. The molecule has 57 heavy (non-hydrogen) atoms. The van der Waals surface area contributed by atoms with E-state index in [4.69, 9.17) is 0 Å². The molecular weight excluding hydrogens is 687 g/mol. The first kappa shape index (κ1) is 35.2. The summed E-state index contributed by atoms with van der Waals surface area (Å²) >= 11 is 0. The number of rotatable bonds is 9. The average Bonchev–Trinajstić information content (AvgIpc) is 3.71. The van der Waals surface area contributed by atoms with Crippen molar-refractivity contribution in [2.45, 2.75) is 57.8 Å². The molecule has 0 saturated carbocycles. The number of aromatic nitrogens is 1. The molecule has 0 bridgehead atoms. The van der Waals surface area contributed by atoms with Crippen LogP contribution in [0.3, 0.4) is 0 Å². The van der Waals surface area contributed by atoms with Gasteiger partial charge in [-0.25, -0.2) is 0 Å². The monoisotopic (exact) mass is 735 g/mol. The van der Waals surface area contributed by atoms with E-state index in [9.17, 15) is 0 Å². The summed E-state index contributed by atoms with van der Waals surface area (Å²) in [4.78, 5) is 0. The highest BCUT2D eigenvalue weighted by molar-refractivity contribution is 6.11. The molecule has 0 spiro atoms. The normalized spacial score (nSPS) is 15.3. The molecule has 0 radical (unpaired) electrons. The van der Waals surface area contributed by atoms with Crippen molar-refractivity contribution in [1.82, 2.24) is 4.57 Å². The second-order valence-electron chi connectivity index (χ2n) is 16.9. The molecule has 0 N–H and O–H groups in total. The summed E-state index contributed by atoms with van der Waals surface area (Å²) in [5, 5.41) is 2.61. The van der Waals surface area contributed by atoms with Crippen LogP contribution in [0.1, 0.15) is 67.3 Å². The first-order chi connectivity index (χ1) is 27.9. The molecule has 1 heteroatoms. The van der Waals surface area contributed by atoms with Crippen molar-refractivity contribution < 1.29 is 0 Å². The fourth-order valence-electron chi connectivity index (χ4n) is 9.86. The zero-order valence-corrected chi connectivity index (χ0v) is 33.3. The minimum Gasteiger partial charge on any atom is -0.310 e. The van der Waals surface area contributed by atoms with Gasteiger partial charge in [-0.05, 0) is 123 Å². The largest absolute Gasteiger partial charge is 0.310 e. The van der Waals surface area contributed by atoms with Gasteiger partial charge < -0.3 is 4.57 Å². The SMILES string of the molecule is CC(Cc1ccc(-c2ccc3c(c2)c2ccccc2n3C2=CCCC=C2)cc1)C(Cc1ccc(-c2ccccc2)cc1)c1ccc2c(c1)C(C)(C)c1ccccc1-2. The molecule has 0 amide bonds. The van der Waals surface area contributed by atoms with Crippen LogP contribution < -0.4 is 0 Å². The Morgan fingerprint density at radius 2 is 1.16 bits per heavy atom. The minimum absolute atomic E-state index is 0.0228. The smallest absolute Gasteiger partial charge is 0.0541 e. The molecule has 0 aliphatic heterocycles. The van der Waals surface area contributed by atoms with Crippen molar-refractivity contribution in [3.63, 3.8) is 0 Å². The number of fused-ring (bicyclic) bond motifs is 6. The van der Waals surface area contributed by atoms with Gasteiger partial charge in [-0.1, -0.05) is 179 Å². The number of allylic oxidation sites excluding steroid dienone is 4. The van der Waals surface area contributed by atoms with Gasteiger partial charge in [0.05, 0.1) is 11.0 Å². The van der Waals surface area contributed by atoms with Crippen LogP contribution in [0.15, 0.2) is 182 Å². The Bertz CT molecular complexity index is 2810. The summed E-state index contributed by atoms with van der Waals surface area (Å²) in [7, 11) is 0. The van der Waals surface area contributed by atoms with E-state index in [0.717, 1.165) is 25.7 Å². The highest BCUT2D eigenvalue weighted by atomic mass is 15.0. The van der Waals surface area contributed by atoms with Crippen molar-refractivity contribution in [3.8, 4) is 33.4 Å². The third-order valence-electron chi connectivity index (χ3n) is 13.0. The van der Waals surface area contributed by atoms with Gasteiger partial charge in [0.2, 0.25) is 0 Å². The predicted octanol–water partition coefficient (Wildman–Crippen LogP) is 14.8. The third-order valence-corrected chi connectivity index (χ3v) is 13.0. The molecule has 8 aromatic rings. The fraction of sp³-hybridized carbons (Fsp3) is 0.179. The summed E-state index contributed by atoms with van der Waals surface area (Å²) in [5.41, 5.74) is 18.7. The van der Waals surface area contributed by atoms with Crippen LogP contribution >= 0.6 is 0 Å². The van der Waals surface area contributed by atoms with E-state index in [1.54, 1.807) is 0 Å². The molecule has 1 nitrogen and oxygen atoms in total. The summed E-state index contributed by atoms with van der Waals surface area (Å²) in [6.45, 7) is 7.25. The van der Waals surface area contributed by atoms with Crippen molar-refractivity contribution >= 4 is 27.5 Å². The number of nitrogens with zero attached hydrogens (tertiary/aromatic N) is 1. The first-order valence-corrected chi connectivity index (χ1v) is 20.8. The van der Waals surface area contributed by atoms with Gasteiger partial charge >= 0.3 is 0 Å². The Hall–Kier alpha value is -6.18.